The second-order valence-electron chi connectivity index (χ2n) is 15.9. The van der Waals surface area contributed by atoms with Crippen LogP contribution in [0.5, 0.6) is 0 Å². The molecule has 0 aliphatic rings. The number of hydrogen-bond donors (Lipinski definition) is 2. The summed E-state index contributed by atoms with van der Waals surface area (Å²) in [6.07, 6.45) is 34.2. The van der Waals surface area contributed by atoms with Gasteiger partial charge in [0, 0.05) is 24.2 Å². The molecule has 8 heteroatoms. The van der Waals surface area contributed by atoms with Gasteiger partial charge in [0.2, 0.25) is 11.8 Å². The molecule has 8 nitrogen and oxygen atoms in total. The van der Waals surface area contributed by atoms with Crippen molar-refractivity contribution in [2.75, 3.05) is 13.1 Å². The summed E-state index contributed by atoms with van der Waals surface area (Å²) >= 11 is 0. The van der Waals surface area contributed by atoms with E-state index in [0.717, 1.165) is 38.5 Å². The monoisotopic (exact) mass is 755 g/mol. The van der Waals surface area contributed by atoms with Crippen molar-refractivity contribution in [1.82, 2.24) is 9.80 Å². The summed E-state index contributed by atoms with van der Waals surface area (Å²) < 4.78 is 0. The van der Waals surface area contributed by atoms with Crippen LogP contribution in [-0.2, 0) is 9.59 Å². The minimum absolute atomic E-state index is 0.227. The molecular formula is C46H82N4O4. The van der Waals surface area contributed by atoms with Crippen LogP contribution in [0.25, 0.3) is 0 Å². The van der Waals surface area contributed by atoms with Crippen molar-refractivity contribution in [3.8, 4) is 0 Å². The van der Waals surface area contributed by atoms with Crippen molar-refractivity contribution in [3.05, 3.63) is 35.4 Å². The van der Waals surface area contributed by atoms with Gasteiger partial charge in [0.25, 0.3) is 11.8 Å². The van der Waals surface area contributed by atoms with Gasteiger partial charge < -0.3 is 11.5 Å². The third kappa shape index (κ3) is 22.7. The maximum atomic E-state index is 13.7. The Kier molecular flexibility index (Phi) is 29.9. The highest BCUT2D eigenvalue weighted by atomic mass is 16.2. The van der Waals surface area contributed by atoms with E-state index in [0.29, 0.717) is 12.8 Å². The lowest BCUT2D eigenvalue weighted by atomic mass is 10.0. The normalized spacial score (nSPS) is 12.4. The molecule has 0 saturated carbocycles. The molecule has 0 heterocycles. The molecule has 0 radical (unpaired) electrons. The first-order chi connectivity index (χ1) is 26.1. The first kappa shape index (κ1) is 49.4. The molecule has 54 heavy (non-hydrogen) atoms. The molecule has 0 saturated heterocycles. The molecule has 4 amide bonds. The van der Waals surface area contributed by atoms with E-state index >= 15 is 0 Å². The van der Waals surface area contributed by atoms with E-state index in [1.165, 1.54) is 144 Å². The molecule has 0 aliphatic carbocycles. The Bertz CT molecular complexity index is 1050. The average Bonchev–Trinajstić information content (AvgIpc) is 3.17. The quantitative estimate of drug-likeness (QED) is 0.0674. The second-order valence-corrected chi connectivity index (χ2v) is 15.9. The molecule has 0 aromatic heterocycles. The van der Waals surface area contributed by atoms with Crippen LogP contribution >= 0.6 is 0 Å². The van der Waals surface area contributed by atoms with Crippen molar-refractivity contribution in [3.63, 3.8) is 0 Å². The van der Waals surface area contributed by atoms with Crippen LogP contribution in [0.15, 0.2) is 24.3 Å². The van der Waals surface area contributed by atoms with E-state index in [4.69, 9.17) is 11.5 Å². The number of nitrogens with zero attached hydrogens (tertiary/aromatic N) is 2. The van der Waals surface area contributed by atoms with Crippen LogP contribution in [0.2, 0.25) is 0 Å². The molecule has 1 aromatic carbocycles. The minimum atomic E-state index is -0.824. The Hall–Kier alpha value is -2.58. The Balaban J connectivity index is 2.59. The zero-order chi connectivity index (χ0) is 39.8. The Morgan fingerprint density at radius 3 is 0.926 bits per heavy atom. The molecule has 0 unspecified atom stereocenters. The molecule has 310 valence electrons. The number of nitrogens with two attached hydrogens (primary N) is 2. The Labute approximate surface area is 331 Å². The molecule has 1 aromatic rings. The van der Waals surface area contributed by atoms with E-state index in [1.54, 1.807) is 32.0 Å². The standard InChI is InChI=1S/C46H82N4O4/c1-5-7-9-11-13-15-17-19-21-23-25-27-29-31-36-49(43(51)39(3)47)45(53)41-34-33-35-42(38-41)46(54)50(44(52)40(4)48)37-32-30-28-26-24-22-20-18-16-14-12-10-8-6-2/h33-35,38-40H,5-32,36-37,47-48H2,1-4H3/t39-,40-/m0/s1. The van der Waals surface area contributed by atoms with Crippen LogP contribution in [0.3, 0.4) is 0 Å². The molecule has 4 N–H and O–H groups in total. The lowest BCUT2D eigenvalue weighted by Crippen LogP contribution is -2.46. The second kappa shape index (κ2) is 32.6. The summed E-state index contributed by atoms with van der Waals surface area (Å²) in [6, 6.07) is 4.69. The summed E-state index contributed by atoms with van der Waals surface area (Å²) in [5, 5.41) is 0. The summed E-state index contributed by atoms with van der Waals surface area (Å²) in [4.78, 5) is 56.0. The van der Waals surface area contributed by atoms with Crippen LogP contribution in [-0.4, -0.2) is 58.6 Å². The van der Waals surface area contributed by atoms with Gasteiger partial charge in [0.15, 0.2) is 0 Å². The smallest absolute Gasteiger partial charge is 0.260 e. The summed E-state index contributed by atoms with van der Waals surface area (Å²) in [5.74, 6) is -1.81. The van der Waals surface area contributed by atoms with E-state index in [1.807, 2.05) is 0 Å². The van der Waals surface area contributed by atoms with E-state index in [9.17, 15) is 19.2 Å². The zero-order valence-corrected chi connectivity index (χ0v) is 35.4. The van der Waals surface area contributed by atoms with Gasteiger partial charge in [0.05, 0.1) is 12.1 Å². The summed E-state index contributed by atoms with van der Waals surface area (Å²) in [5.41, 5.74) is 12.4. The van der Waals surface area contributed by atoms with Gasteiger partial charge in [-0.1, -0.05) is 187 Å². The van der Waals surface area contributed by atoms with Gasteiger partial charge in [-0.25, -0.2) is 0 Å². The first-order valence-electron chi connectivity index (χ1n) is 22.5. The maximum absolute atomic E-state index is 13.7. The number of benzene rings is 1. The highest BCUT2D eigenvalue weighted by molar-refractivity contribution is 6.09. The molecular weight excluding hydrogens is 673 g/mol. The van der Waals surface area contributed by atoms with E-state index < -0.39 is 35.7 Å². The lowest BCUT2D eigenvalue weighted by molar-refractivity contribution is -0.130. The number of rotatable bonds is 34. The van der Waals surface area contributed by atoms with Gasteiger partial charge in [-0.05, 0) is 44.9 Å². The Morgan fingerprint density at radius 1 is 0.444 bits per heavy atom. The van der Waals surface area contributed by atoms with Crippen molar-refractivity contribution in [2.24, 2.45) is 11.5 Å². The fourth-order valence-electron chi connectivity index (χ4n) is 7.14. The highest BCUT2D eigenvalue weighted by Gasteiger charge is 2.28. The number of imide groups is 2. The minimum Gasteiger partial charge on any atom is -0.320 e. The lowest BCUT2D eigenvalue weighted by Gasteiger charge is -2.24. The maximum Gasteiger partial charge on any atom is 0.260 e. The van der Waals surface area contributed by atoms with Gasteiger partial charge in [0.1, 0.15) is 0 Å². The summed E-state index contributed by atoms with van der Waals surface area (Å²) in [7, 11) is 0. The number of carbonyl (C=O) groups is 4. The first-order valence-corrected chi connectivity index (χ1v) is 22.5. The fraction of sp³-hybridized carbons (Fsp3) is 0.783. The zero-order valence-electron chi connectivity index (χ0n) is 35.4. The fourth-order valence-corrected chi connectivity index (χ4v) is 7.14. The molecule has 1 rings (SSSR count). The predicted octanol–water partition coefficient (Wildman–Crippen LogP) is 11.3. The van der Waals surface area contributed by atoms with Crippen LogP contribution in [0.1, 0.15) is 228 Å². The number of amides is 4. The topological polar surface area (TPSA) is 127 Å². The van der Waals surface area contributed by atoms with Gasteiger partial charge in [-0.3, -0.25) is 29.0 Å². The van der Waals surface area contributed by atoms with Gasteiger partial charge >= 0.3 is 0 Å². The van der Waals surface area contributed by atoms with Crippen molar-refractivity contribution in [2.45, 2.75) is 220 Å². The van der Waals surface area contributed by atoms with Crippen molar-refractivity contribution >= 4 is 23.6 Å². The van der Waals surface area contributed by atoms with Crippen molar-refractivity contribution < 1.29 is 19.2 Å². The third-order valence-corrected chi connectivity index (χ3v) is 10.6. The predicted molar refractivity (Wildman–Crippen MR) is 226 cm³/mol. The molecule has 2 atom stereocenters. The van der Waals surface area contributed by atoms with Gasteiger partial charge in [-0.2, -0.15) is 0 Å². The van der Waals surface area contributed by atoms with E-state index in [2.05, 4.69) is 13.8 Å². The van der Waals surface area contributed by atoms with E-state index in [-0.39, 0.29) is 24.2 Å². The molecule has 0 spiro atoms. The number of unbranched alkanes of at least 4 members (excludes halogenated alkanes) is 26. The van der Waals surface area contributed by atoms with Crippen molar-refractivity contribution in [1.29, 1.82) is 0 Å². The van der Waals surface area contributed by atoms with Crippen LogP contribution in [0.4, 0.5) is 0 Å². The third-order valence-electron chi connectivity index (χ3n) is 10.6. The molecule has 0 aliphatic heterocycles. The average molecular weight is 755 g/mol. The number of carbonyl (C=O) groups excluding carboxylic acids is 4. The molecule has 0 bridgehead atoms. The van der Waals surface area contributed by atoms with Gasteiger partial charge in [-0.15, -0.1) is 0 Å². The van der Waals surface area contributed by atoms with Crippen LogP contribution in [0, 0.1) is 0 Å². The highest BCUT2D eigenvalue weighted by Crippen LogP contribution is 2.18. The largest absolute Gasteiger partial charge is 0.320 e. The number of hydrogen-bond acceptors (Lipinski definition) is 6. The summed E-state index contributed by atoms with van der Waals surface area (Å²) in [6.45, 7) is 8.25. The SMILES string of the molecule is CCCCCCCCCCCCCCCCN(C(=O)c1cccc(C(=O)N(CCCCCCCCCCCCCCCC)C(=O)[C@H](C)N)c1)C(=O)[C@H](C)N. The Morgan fingerprint density at radius 2 is 0.685 bits per heavy atom. The van der Waals surface area contributed by atoms with Crippen LogP contribution < -0.4 is 11.5 Å². The molecule has 0 fully saturated rings.